The monoisotopic (exact) mass is 211 g/mol. The van der Waals surface area contributed by atoms with E-state index in [9.17, 15) is 13.2 Å². The number of halogens is 3. The van der Waals surface area contributed by atoms with E-state index in [0.717, 1.165) is 0 Å². The number of benzene rings is 1. The fourth-order valence-corrected chi connectivity index (χ4v) is 1.15. The van der Waals surface area contributed by atoms with Gasteiger partial charge in [0.15, 0.2) is 0 Å². The van der Waals surface area contributed by atoms with Gasteiger partial charge in [-0.2, -0.15) is 18.3 Å². The van der Waals surface area contributed by atoms with Gasteiger partial charge in [-0.25, -0.2) is 0 Å². The molecule has 2 rings (SSSR count). The van der Waals surface area contributed by atoms with Crippen LogP contribution in [0.15, 0.2) is 30.3 Å². The van der Waals surface area contributed by atoms with Crippen LogP contribution in [0, 0.1) is 6.07 Å². The first kappa shape index (κ1) is 9.76. The van der Waals surface area contributed by atoms with Gasteiger partial charge >= 0.3 is 6.18 Å². The maximum atomic E-state index is 12.2. The number of rotatable bonds is 1. The molecule has 1 N–H and O–H groups in total. The number of aromatic nitrogens is 2. The minimum Gasteiger partial charge on any atom is -0.272 e. The Balaban J connectivity index is 2.37. The highest BCUT2D eigenvalue weighted by atomic mass is 19.4. The summed E-state index contributed by atoms with van der Waals surface area (Å²) < 4.78 is 36.6. The van der Waals surface area contributed by atoms with Crippen molar-refractivity contribution in [1.29, 1.82) is 0 Å². The van der Waals surface area contributed by atoms with Crippen molar-refractivity contribution in [2.75, 3.05) is 0 Å². The first-order valence-electron chi connectivity index (χ1n) is 4.17. The van der Waals surface area contributed by atoms with Crippen molar-refractivity contribution >= 4 is 0 Å². The summed E-state index contributed by atoms with van der Waals surface area (Å²) in [6.07, 6.45) is -4.43. The Morgan fingerprint density at radius 2 is 1.80 bits per heavy atom. The van der Waals surface area contributed by atoms with Crippen LogP contribution in [0.5, 0.6) is 0 Å². The van der Waals surface area contributed by atoms with Gasteiger partial charge in [0.1, 0.15) is 11.4 Å². The standard InChI is InChI=1S/C10H6F3N2/c11-10(12,13)9-6-8(14-15-9)7-4-2-1-3-5-7/h1-5H,(H,14,15). The van der Waals surface area contributed by atoms with E-state index >= 15 is 0 Å². The largest absolute Gasteiger partial charge is 0.433 e. The van der Waals surface area contributed by atoms with Crippen LogP contribution in [0.2, 0.25) is 0 Å². The Bertz CT molecular complexity index is 445. The van der Waals surface area contributed by atoms with Gasteiger partial charge in [0.05, 0.1) is 0 Å². The summed E-state index contributed by atoms with van der Waals surface area (Å²) in [7, 11) is 0. The SMILES string of the molecule is FC(F)(F)c1[c]c(-c2ccccc2)n[nH]1. The van der Waals surface area contributed by atoms with Gasteiger partial charge in [-0.05, 0) is 0 Å². The average Bonchev–Trinajstić information content (AvgIpc) is 2.67. The Labute approximate surface area is 83.7 Å². The zero-order chi connectivity index (χ0) is 10.9. The second-order valence-electron chi connectivity index (χ2n) is 2.94. The molecule has 1 heterocycles. The van der Waals surface area contributed by atoms with E-state index in [1.807, 2.05) is 5.10 Å². The van der Waals surface area contributed by atoms with E-state index in [-0.39, 0.29) is 5.69 Å². The van der Waals surface area contributed by atoms with Gasteiger partial charge in [0.25, 0.3) is 0 Å². The zero-order valence-corrected chi connectivity index (χ0v) is 7.47. The number of nitrogens with one attached hydrogen (secondary N) is 1. The van der Waals surface area contributed by atoms with Gasteiger partial charge in [-0.1, -0.05) is 30.3 Å². The topological polar surface area (TPSA) is 28.7 Å². The van der Waals surface area contributed by atoms with Gasteiger partial charge in [-0.15, -0.1) is 0 Å². The Hall–Kier alpha value is -1.78. The average molecular weight is 211 g/mol. The van der Waals surface area contributed by atoms with Crippen molar-refractivity contribution < 1.29 is 13.2 Å². The second-order valence-corrected chi connectivity index (χ2v) is 2.94. The third-order valence-corrected chi connectivity index (χ3v) is 1.85. The van der Waals surface area contributed by atoms with E-state index in [2.05, 4.69) is 11.2 Å². The number of hydrogen-bond acceptors (Lipinski definition) is 1. The van der Waals surface area contributed by atoms with Crippen LogP contribution in [0.25, 0.3) is 11.3 Å². The molecule has 0 aliphatic rings. The molecule has 0 saturated carbocycles. The first-order valence-corrected chi connectivity index (χ1v) is 4.17. The van der Waals surface area contributed by atoms with Crippen molar-refractivity contribution in [3.63, 3.8) is 0 Å². The molecule has 2 aromatic rings. The molecule has 0 amide bonds. The molecule has 1 aromatic heterocycles. The highest BCUT2D eigenvalue weighted by Gasteiger charge is 2.33. The van der Waals surface area contributed by atoms with E-state index < -0.39 is 11.9 Å². The van der Waals surface area contributed by atoms with Gasteiger partial charge in [0, 0.05) is 11.6 Å². The normalized spacial score (nSPS) is 11.7. The lowest BCUT2D eigenvalue weighted by Gasteiger charge is -1.99. The predicted octanol–water partition coefficient (Wildman–Crippen LogP) is 2.90. The number of aromatic amines is 1. The van der Waals surface area contributed by atoms with E-state index in [4.69, 9.17) is 0 Å². The molecule has 0 spiro atoms. The van der Waals surface area contributed by atoms with Crippen LogP contribution in [0.3, 0.4) is 0 Å². The minimum absolute atomic E-state index is 0.169. The van der Waals surface area contributed by atoms with Crippen molar-refractivity contribution in [2.24, 2.45) is 0 Å². The van der Waals surface area contributed by atoms with Crippen molar-refractivity contribution in [2.45, 2.75) is 6.18 Å². The van der Waals surface area contributed by atoms with E-state index in [1.165, 1.54) is 0 Å². The van der Waals surface area contributed by atoms with Crippen LogP contribution in [0.4, 0.5) is 13.2 Å². The van der Waals surface area contributed by atoms with E-state index in [0.29, 0.717) is 5.56 Å². The van der Waals surface area contributed by atoms with Gasteiger partial charge in [0.2, 0.25) is 0 Å². The number of hydrogen-bond donors (Lipinski definition) is 1. The molecule has 1 aromatic carbocycles. The Kier molecular flexibility index (Phi) is 2.22. The molecule has 0 atom stereocenters. The van der Waals surface area contributed by atoms with Crippen LogP contribution in [-0.2, 0) is 6.18 Å². The minimum atomic E-state index is -4.43. The summed E-state index contributed by atoms with van der Waals surface area (Å²) in [4.78, 5) is 0. The summed E-state index contributed by atoms with van der Waals surface area (Å²) in [5.41, 5.74) is -0.187. The summed E-state index contributed by atoms with van der Waals surface area (Å²) in [6, 6.07) is 10.8. The smallest absolute Gasteiger partial charge is 0.272 e. The molecule has 5 heteroatoms. The molecule has 77 valence electrons. The summed E-state index contributed by atoms with van der Waals surface area (Å²) in [5, 5.41) is 5.47. The van der Waals surface area contributed by atoms with Crippen LogP contribution in [-0.4, -0.2) is 10.2 Å². The molecule has 0 aliphatic carbocycles. The maximum Gasteiger partial charge on any atom is 0.433 e. The summed E-state index contributed by atoms with van der Waals surface area (Å²) in [6.45, 7) is 0. The molecule has 0 fully saturated rings. The van der Waals surface area contributed by atoms with Crippen molar-refractivity contribution in [1.82, 2.24) is 10.2 Å². The lowest BCUT2D eigenvalue weighted by atomic mass is 10.1. The van der Waals surface area contributed by atoms with Crippen molar-refractivity contribution in [3.8, 4) is 11.3 Å². The van der Waals surface area contributed by atoms with Crippen LogP contribution >= 0.6 is 0 Å². The summed E-state index contributed by atoms with van der Waals surface area (Å²) in [5.74, 6) is 0. The molecule has 0 saturated heterocycles. The predicted molar refractivity (Wildman–Crippen MR) is 47.9 cm³/mol. The van der Waals surface area contributed by atoms with Crippen molar-refractivity contribution in [3.05, 3.63) is 42.1 Å². The Morgan fingerprint density at radius 1 is 1.13 bits per heavy atom. The molecular weight excluding hydrogens is 205 g/mol. The molecular formula is C10H6F3N2. The molecule has 0 aliphatic heterocycles. The molecule has 15 heavy (non-hydrogen) atoms. The summed E-state index contributed by atoms with van der Waals surface area (Å²) >= 11 is 0. The van der Waals surface area contributed by atoms with E-state index in [1.54, 1.807) is 30.3 Å². The quantitative estimate of drug-likeness (QED) is 0.771. The fourth-order valence-electron chi connectivity index (χ4n) is 1.15. The molecule has 0 unspecified atom stereocenters. The molecule has 1 radical (unpaired) electrons. The highest BCUT2D eigenvalue weighted by Crippen LogP contribution is 2.29. The van der Waals surface area contributed by atoms with Gasteiger partial charge in [-0.3, -0.25) is 5.10 Å². The number of alkyl halides is 3. The Morgan fingerprint density at radius 3 is 2.33 bits per heavy atom. The third kappa shape index (κ3) is 2.01. The van der Waals surface area contributed by atoms with Gasteiger partial charge < -0.3 is 0 Å². The zero-order valence-electron chi connectivity index (χ0n) is 7.47. The number of nitrogens with zero attached hydrogens (tertiary/aromatic N) is 1. The second kappa shape index (κ2) is 3.42. The number of H-pyrrole nitrogens is 1. The van der Waals surface area contributed by atoms with Crippen LogP contribution in [0.1, 0.15) is 5.69 Å². The maximum absolute atomic E-state index is 12.2. The van der Waals surface area contributed by atoms with Crippen LogP contribution < -0.4 is 0 Å². The fraction of sp³-hybridized carbons (Fsp3) is 0.100. The molecule has 2 nitrogen and oxygen atoms in total. The lowest BCUT2D eigenvalue weighted by molar-refractivity contribution is -0.141. The first-order chi connectivity index (χ1) is 7.07. The lowest BCUT2D eigenvalue weighted by Crippen LogP contribution is -2.05. The third-order valence-electron chi connectivity index (χ3n) is 1.85. The highest BCUT2D eigenvalue weighted by molar-refractivity contribution is 5.58. The molecule has 0 bridgehead atoms.